The van der Waals surface area contributed by atoms with Crippen molar-refractivity contribution in [3.63, 3.8) is 0 Å². The van der Waals surface area contributed by atoms with Crippen LogP contribution in [0.5, 0.6) is 0 Å². The van der Waals surface area contributed by atoms with Crippen LogP contribution in [-0.4, -0.2) is 0 Å². The first-order valence-corrected chi connectivity index (χ1v) is 28.2. The Morgan fingerprint density at radius 3 is 0.159 bits per heavy atom. The molecule has 0 saturated heterocycles. The predicted molar refractivity (Wildman–Crippen MR) is 440 cm³/mol. The first-order valence-electron chi connectivity index (χ1n) is 28.2. The molecular weight excluding hydrogens is 1360 g/mol. The van der Waals surface area contributed by atoms with Crippen molar-refractivity contribution < 1.29 is 0 Å². The van der Waals surface area contributed by atoms with Gasteiger partial charge in [-0.2, -0.15) is 0 Å². The van der Waals surface area contributed by atoms with Crippen LogP contribution in [0, 0.1) is 664 Å². The van der Waals surface area contributed by atoms with E-state index in [1.54, 1.807) is 6.92 Å². The van der Waals surface area contributed by atoms with Crippen LogP contribution in [0.15, 0.2) is 0 Å². The second kappa shape index (κ2) is 87.6. The van der Waals surface area contributed by atoms with Crippen molar-refractivity contribution in [2.75, 3.05) is 0 Å². The molecule has 0 radical (unpaired) electrons. The van der Waals surface area contributed by atoms with E-state index in [9.17, 15) is 0 Å². The van der Waals surface area contributed by atoms with E-state index in [4.69, 9.17) is 6.42 Å². The molecule has 0 fully saturated rings. The van der Waals surface area contributed by atoms with Crippen LogP contribution in [0.1, 0.15) is 6.92 Å². The van der Waals surface area contributed by atoms with Gasteiger partial charge in [-0.15, -0.1) is 0 Å². The van der Waals surface area contributed by atoms with Crippen molar-refractivity contribution in [1.82, 2.24) is 0 Å². The molecule has 0 aliphatic rings. The smallest absolute Gasteiger partial charge is 0.0925 e. The van der Waals surface area contributed by atoms with Gasteiger partial charge < -0.3 is 0 Å². The van der Waals surface area contributed by atoms with Crippen molar-refractivity contribution in [3.8, 4) is 657 Å². The van der Waals surface area contributed by atoms with Gasteiger partial charge in [0.2, 0.25) is 0 Å². The van der Waals surface area contributed by atoms with Gasteiger partial charge in [-0.3, -0.25) is 0 Å². The summed E-state index contributed by atoms with van der Waals surface area (Å²) in [6, 6.07) is 0. The van der Waals surface area contributed by atoms with E-state index in [1.165, 1.54) is 0 Å². The maximum absolute atomic E-state index is 6.59. The molecule has 0 N–H and O–H groups in total. The molecule has 454 valence electrons. The maximum atomic E-state index is 6.59. The summed E-state index contributed by atoms with van der Waals surface area (Å²) in [5, 5.41) is 0. The third kappa shape index (κ3) is 87.6. The minimum absolute atomic E-state index is 1.68. The summed E-state index contributed by atoms with van der Waals surface area (Å²) < 4.78 is 0. The van der Waals surface area contributed by atoms with E-state index >= 15 is 0 Å². The second-order valence-corrected chi connectivity index (χ2v) is 14.0. The van der Waals surface area contributed by atoms with Crippen molar-refractivity contribution in [2.24, 2.45) is 0 Å². The van der Waals surface area contributed by atoms with Crippen LogP contribution in [0.25, 0.3) is 0 Å². The number of hydrogen-bond donors (Lipinski definition) is 0. The molecule has 0 nitrogen and oxygen atoms in total. The van der Waals surface area contributed by atoms with Crippen molar-refractivity contribution in [3.05, 3.63) is 6.42 Å². The Labute approximate surface area is 666 Å². The Balaban J connectivity index is 4.64. The molecule has 0 rings (SSSR count). The third-order valence-corrected chi connectivity index (χ3v) is 6.94. The van der Waals surface area contributed by atoms with Gasteiger partial charge in [0, 0.05) is 533 Å². The van der Waals surface area contributed by atoms with Gasteiger partial charge in [0.15, 0.2) is 0 Å². The number of hydrogen-bond acceptors (Lipinski definition) is 0. The van der Waals surface area contributed by atoms with E-state index in [-0.39, 0.29) is 0 Å². The molecule has 0 aromatic heterocycles. The quantitative estimate of drug-likeness (QED) is 0.249. The van der Waals surface area contributed by atoms with Crippen LogP contribution >= 0.6 is 0 Å². The van der Waals surface area contributed by atoms with E-state index in [0.717, 1.165) is 0 Å². The van der Waals surface area contributed by atoms with E-state index < -0.39 is 0 Å². The molecule has 113 heavy (non-hydrogen) atoms. The molecule has 0 saturated carbocycles. The zero-order valence-electron chi connectivity index (χ0n) is 57.0. The summed E-state index contributed by atoms with van der Waals surface area (Å²) in [7, 11) is 0. The van der Waals surface area contributed by atoms with Gasteiger partial charge in [-0.25, -0.2) is 0 Å². The van der Waals surface area contributed by atoms with Gasteiger partial charge in [0.1, 0.15) is 0 Å². The summed E-state index contributed by atoms with van der Waals surface area (Å²) in [5.41, 5.74) is 0. The van der Waals surface area contributed by atoms with Crippen LogP contribution < -0.4 is 0 Å². The molecule has 0 unspecified atom stereocenters. The first-order chi connectivity index (χ1) is 56.4. The second-order valence-electron chi connectivity index (χ2n) is 14.0. The fraction of sp³-hybridized carbons (Fsp3) is 0.00885. The molecule has 0 bridgehead atoms. The first kappa shape index (κ1) is 88.6. The molecule has 0 aliphatic carbocycles. The summed E-state index contributed by atoms with van der Waals surface area (Å²) >= 11 is 0. The van der Waals surface area contributed by atoms with E-state index in [1.807, 2.05) is 5.92 Å². The third-order valence-electron chi connectivity index (χ3n) is 6.94. The zero-order valence-corrected chi connectivity index (χ0v) is 57.0. The Bertz CT molecular complexity index is 7990. The van der Waals surface area contributed by atoms with Gasteiger partial charge >= 0.3 is 77.5 Å². The summed E-state index contributed by atoms with van der Waals surface area (Å²) in [6.45, 7) is 1.68. The minimum atomic E-state index is 1.68. The molecule has 0 heterocycles. The Kier molecular flexibility index (Phi) is 68.7. The fourth-order valence-corrected chi connectivity index (χ4v) is 3.44. The van der Waals surface area contributed by atoms with E-state index in [2.05, 4.69) is 651 Å². The minimum Gasteiger partial charge on any atom is -0.0925 e. The standard InChI is InChI=1S/C113H3/c1-3-5-7-9-11-13-15-17-19-21-23-25-27-29-31-33-35-37-39-41-43-45-47-49-51-53-55-57-59-61-63-65-67-69-71-73-75-77-79-81-83-85-87-89-91-93-95-97-99-101-103-105-107-109-111-113-112-110-108-106-104-102-100-98-96-94-92-90-88-86-84-82-80-78-76-74-72-70-68-66-64-62-60-58-56-54-52-50-48-46-44-42-40-38-36-34-32-30-28-26-24-22-20-18-16-14-12-10-8-6-4-2/h1H3/q+1. The molecule has 0 aliphatic heterocycles. The summed E-state index contributed by atoms with van der Waals surface area (Å²) in [4.78, 5) is 0. The number of rotatable bonds is 0. The summed E-state index contributed by atoms with van der Waals surface area (Å²) in [6.07, 6.45) is 6.59. The molecule has 0 amide bonds. The molecule has 0 aromatic rings. The van der Waals surface area contributed by atoms with Crippen molar-refractivity contribution >= 4 is 0 Å². The fourth-order valence-electron chi connectivity index (χ4n) is 3.44. The molecule has 0 atom stereocenters. The van der Waals surface area contributed by atoms with Crippen LogP contribution in [0.3, 0.4) is 0 Å². The summed E-state index contributed by atoms with van der Waals surface area (Å²) in [5.74, 6) is 276. The zero-order chi connectivity index (χ0) is 80.5. The average Bonchev–Trinajstić information content (AvgIpc) is 3.32. The normalized spacial score (nSPS) is 3.99. The molecule has 0 aromatic carbocycles. The topological polar surface area (TPSA) is 0 Å². The van der Waals surface area contributed by atoms with Gasteiger partial charge in [0.05, 0.1) is 0 Å². The van der Waals surface area contributed by atoms with Crippen LogP contribution in [0.4, 0.5) is 0 Å². The van der Waals surface area contributed by atoms with E-state index in [0.29, 0.717) is 0 Å². The van der Waals surface area contributed by atoms with Crippen molar-refractivity contribution in [1.29, 1.82) is 0 Å². The molecule has 0 heteroatoms. The Hall–Kier alpha value is -24.4. The molecular formula is C113H3+. The molecule has 0 spiro atoms. The SMILES string of the molecule is [C+]#CC#CC#CC#CC#CC#CC#CC#CC#CC#CC#CC#CC#CC#CC#CC#CC#CC#CC#CC#CC#CC#CC#CC#CC#CC#CC#CC#CC#CC#CC#CC#CC#CC#CC#CC#CC#CC#CC#CC#CC#CC#CC#CC#CC#CC#CC#CC#CC#CC#CC#CC#CC#CC#CC#CC#CC. The Morgan fingerprint density at radius 2 is 0.115 bits per heavy atom. The van der Waals surface area contributed by atoms with Gasteiger partial charge in [-0.1, -0.05) is 5.92 Å². The van der Waals surface area contributed by atoms with Gasteiger partial charge in [-0.05, 0) is 54.3 Å². The van der Waals surface area contributed by atoms with Crippen LogP contribution in [0.2, 0.25) is 0 Å². The Morgan fingerprint density at radius 1 is 0.0708 bits per heavy atom. The average molecular weight is 1360 g/mol. The predicted octanol–water partition coefficient (Wildman–Crippen LogP) is 0.783. The van der Waals surface area contributed by atoms with Gasteiger partial charge in [0.25, 0.3) is 0 Å². The monoisotopic (exact) mass is 1360 g/mol. The van der Waals surface area contributed by atoms with Crippen molar-refractivity contribution in [2.45, 2.75) is 6.92 Å². The van der Waals surface area contributed by atoms with Crippen LogP contribution in [-0.2, 0) is 0 Å².